The quantitative estimate of drug-likeness (QED) is 0.540. The third kappa shape index (κ3) is 3.30. The number of carbonyl (C=O) groups is 1. The van der Waals surface area contributed by atoms with Crippen molar-refractivity contribution in [3.8, 4) is 17.3 Å². The first-order chi connectivity index (χ1) is 13.6. The summed E-state index contributed by atoms with van der Waals surface area (Å²) in [5, 5.41) is 9.90. The van der Waals surface area contributed by atoms with Crippen LogP contribution in [-0.2, 0) is 6.54 Å². The second-order valence-corrected chi connectivity index (χ2v) is 6.64. The maximum atomic E-state index is 11.4. The zero-order valence-corrected chi connectivity index (χ0v) is 15.7. The fourth-order valence-corrected chi connectivity index (χ4v) is 3.30. The zero-order chi connectivity index (χ0) is 19.7. The van der Waals surface area contributed by atoms with E-state index in [1.807, 2.05) is 41.0 Å². The lowest BCUT2D eigenvalue weighted by molar-refractivity contribution is 0.0697. The van der Waals surface area contributed by atoms with Gasteiger partial charge in [-0.2, -0.15) is 0 Å². The largest absolute Gasteiger partial charge is 0.496 e. The molecule has 2 aromatic heterocycles. The Morgan fingerprint density at radius 2 is 2.00 bits per heavy atom. The summed E-state index contributed by atoms with van der Waals surface area (Å²) in [5.41, 5.74) is 3.28. The molecule has 0 atom stereocenters. The van der Waals surface area contributed by atoms with Crippen LogP contribution in [0.15, 0.2) is 60.8 Å². The van der Waals surface area contributed by atoms with Gasteiger partial charge in [0.05, 0.1) is 30.3 Å². The van der Waals surface area contributed by atoms with Gasteiger partial charge >= 0.3 is 5.97 Å². The number of imidazole rings is 1. The van der Waals surface area contributed by atoms with E-state index in [1.54, 1.807) is 13.2 Å². The molecule has 2 heterocycles. The van der Waals surface area contributed by atoms with Crippen LogP contribution >= 0.6 is 11.6 Å². The number of nitrogens with zero attached hydrogens (tertiary/aromatic N) is 3. The van der Waals surface area contributed by atoms with Gasteiger partial charge in [-0.15, -0.1) is 0 Å². The molecular weight excluding hydrogens is 378 g/mol. The van der Waals surface area contributed by atoms with Gasteiger partial charge in [0.15, 0.2) is 5.82 Å². The van der Waals surface area contributed by atoms with E-state index in [0.717, 1.165) is 16.6 Å². The first kappa shape index (κ1) is 18.0. The minimum atomic E-state index is -1.01. The van der Waals surface area contributed by atoms with Gasteiger partial charge in [-0.3, -0.25) is 4.98 Å². The van der Waals surface area contributed by atoms with Gasteiger partial charge in [0.2, 0.25) is 0 Å². The van der Waals surface area contributed by atoms with Crippen LogP contribution in [0, 0.1) is 0 Å². The molecule has 0 unspecified atom stereocenters. The van der Waals surface area contributed by atoms with Crippen molar-refractivity contribution in [2.75, 3.05) is 7.11 Å². The molecule has 2 aromatic carbocycles. The SMILES string of the molecule is COc1cc(Cl)ccc1Cn1c(-c2cc(C(=O)O)ccn2)nc2ccccc21. The van der Waals surface area contributed by atoms with Crippen LogP contribution in [0.4, 0.5) is 0 Å². The number of fused-ring (bicyclic) bond motifs is 1. The molecule has 0 fully saturated rings. The Hall–Kier alpha value is -3.38. The number of hydrogen-bond acceptors (Lipinski definition) is 4. The minimum absolute atomic E-state index is 0.160. The van der Waals surface area contributed by atoms with Gasteiger partial charge in [-0.25, -0.2) is 9.78 Å². The first-order valence-electron chi connectivity index (χ1n) is 8.54. The number of methoxy groups -OCH3 is 1. The van der Waals surface area contributed by atoms with Gasteiger partial charge in [0.1, 0.15) is 11.4 Å². The molecule has 1 N–H and O–H groups in total. The summed E-state index contributed by atoms with van der Waals surface area (Å²) < 4.78 is 7.47. The van der Waals surface area contributed by atoms with Crippen molar-refractivity contribution in [3.63, 3.8) is 0 Å². The van der Waals surface area contributed by atoms with Crippen LogP contribution in [0.5, 0.6) is 5.75 Å². The number of carboxylic acid groups (broad SMARTS) is 1. The molecule has 7 heteroatoms. The molecule has 28 heavy (non-hydrogen) atoms. The number of benzene rings is 2. The van der Waals surface area contributed by atoms with E-state index >= 15 is 0 Å². The fourth-order valence-electron chi connectivity index (χ4n) is 3.14. The Kier molecular flexibility index (Phi) is 4.71. The summed E-state index contributed by atoms with van der Waals surface area (Å²) in [6, 6.07) is 16.2. The van der Waals surface area contributed by atoms with Gasteiger partial charge in [0, 0.05) is 16.8 Å². The summed E-state index contributed by atoms with van der Waals surface area (Å²) in [5.74, 6) is 0.246. The predicted molar refractivity (Wildman–Crippen MR) is 107 cm³/mol. The standard InChI is InChI=1S/C21H16ClN3O3/c1-28-19-11-15(22)7-6-14(19)12-25-18-5-3-2-4-16(18)24-20(25)17-10-13(21(26)27)8-9-23-17/h2-11H,12H2,1H3,(H,26,27). The van der Waals surface area contributed by atoms with Gasteiger partial charge in [0.25, 0.3) is 0 Å². The third-order valence-corrected chi connectivity index (χ3v) is 4.70. The van der Waals surface area contributed by atoms with E-state index < -0.39 is 5.97 Å². The average molecular weight is 394 g/mol. The average Bonchev–Trinajstić information content (AvgIpc) is 3.08. The Balaban J connectivity index is 1.89. The smallest absolute Gasteiger partial charge is 0.335 e. The van der Waals surface area contributed by atoms with E-state index in [1.165, 1.54) is 18.3 Å². The lowest BCUT2D eigenvalue weighted by Gasteiger charge is -2.13. The number of hydrogen-bond donors (Lipinski definition) is 1. The number of rotatable bonds is 5. The van der Waals surface area contributed by atoms with Crippen LogP contribution < -0.4 is 4.74 Å². The maximum Gasteiger partial charge on any atom is 0.335 e. The Morgan fingerprint density at radius 3 is 2.79 bits per heavy atom. The molecular formula is C21H16ClN3O3. The van der Waals surface area contributed by atoms with Crippen molar-refractivity contribution < 1.29 is 14.6 Å². The summed E-state index contributed by atoms with van der Waals surface area (Å²) in [7, 11) is 1.60. The highest BCUT2D eigenvalue weighted by Gasteiger charge is 2.17. The molecule has 4 rings (SSSR count). The first-order valence-corrected chi connectivity index (χ1v) is 8.92. The molecule has 0 bridgehead atoms. The second kappa shape index (κ2) is 7.32. The van der Waals surface area contributed by atoms with Crippen molar-refractivity contribution in [3.05, 3.63) is 76.9 Å². The van der Waals surface area contributed by atoms with Crippen molar-refractivity contribution in [2.24, 2.45) is 0 Å². The Labute approximate surface area is 166 Å². The van der Waals surface area contributed by atoms with Crippen LogP contribution in [-0.4, -0.2) is 32.7 Å². The Morgan fingerprint density at radius 1 is 1.18 bits per heavy atom. The molecule has 6 nitrogen and oxygen atoms in total. The highest BCUT2D eigenvalue weighted by molar-refractivity contribution is 6.30. The van der Waals surface area contributed by atoms with Crippen LogP contribution in [0.1, 0.15) is 15.9 Å². The molecule has 0 amide bonds. The summed E-state index contributed by atoms with van der Waals surface area (Å²) in [6.07, 6.45) is 1.48. The molecule has 0 saturated carbocycles. The van der Waals surface area contributed by atoms with Gasteiger partial charge in [-0.1, -0.05) is 29.8 Å². The van der Waals surface area contributed by atoms with E-state index in [9.17, 15) is 9.90 Å². The molecule has 0 saturated heterocycles. The number of aromatic carboxylic acids is 1. The van der Waals surface area contributed by atoms with Crippen molar-refractivity contribution >= 4 is 28.6 Å². The minimum Gasteiger partial charge on any atom is -0.496 e. The lowest BCUT2D eigenvalue weighted by atomic mass is 10.2. The molecule has 140 valence electrons. The van der Waals surface area contributed by atoms with Gasteiger partial charge in [-0.05, 0) is 36.4 Å². The number of pyridine rings is 1. The lowest BCUT2D eigenvalue weighted by Crippen LogP contribution is -2.05. The fraction of sp³-hybridized carbons (Fsp3) is 0.0952. The summed E-state index contributed by atoms with van der Waals surface area (Å²) in [4.78, 5) is 20.4. The van der Waals surface area contributed by atoms with Crippen LogP contribution in [0.25, 0.3) is 22.6 Å². The number of aromatic nitrogens is 3. The number of ether oxygens (including phenoxy) is 1. The van der Waals surface area contributed by atoms with Crippen molar-refractivity contribution in [1.82, 2.24) is 14.5 Å². The number of halogens is 1. The maximum absolute atomic E-state index is 11.4. The van der Waals surface area contributed by atoms with Crippen LogP contribution in [0.2, 0.25) is 5.02 Å². The van der Waals surface area contributed by atoms with E-state index in [0.29, 0.717) is 28.8 Å². The molecule has 0 aliphatic carbocycles. The third-order valence-electron chi connectivity index (χ3n) is 4.47. The normalized spacial score (nSPS) is 10.9. The number of carboxylic acids is 1. The van der Waals surface area contributed by atoms with E-state index in [2.05, 4.69) is 4.98 Å². The molecule has 0 spiro atoms. The van der Waals surface area contributed by atoms with E-state index in [-0.39, 0.29) is 5.56 Å². The summed E-state index contributed by atoms with van der Waals surface area (Å²) >= 11 is 6.08. The van der Waals surface area contributed by atoms with Crippen LogP contribution in [0.3, 0.4) is 0 Å². The van der Waals surface area contributed by atoms with Crippen molar-refractivity contribution in [1.29, 1.82) is 0 Å². The van der Waals surface area contributed by atoms with Crippen molar-refractivity contribution in [2.45, 2.75) is 6.54 Å². The molecule has 0 aliphatic rings. The highest BCUT2D eigenvalue weighted by atomic mass is 35.5. The topological polar surface area (TPSA) is 77.2 Å². The summed E-state index contributed by atoms with van der Waals surface area (Å²) in [6.45, 7) is 0.467. The second-order valence-electron chi connectivity index (χ2n) is 6.20. The van der Waals surface area contributed by atoms with Gasteiger partial charge < -0.3 is 14.4 Å². The Bertz CT molecular complexity index is 1190. The predicted octanol–water partition coefficient (Wildman–Crippen LogP) is 4.51. The monoisotopic (exact) mass is 393 g/mol. The highest BCUT2D eigenvalue weighted by Crippen LogP contribution is 2.29. The number of para-hydroxylation sites is 2. The zero-order valence-electron chi connectivity index (χ0n) is 15.0. The van der Waals surface area contributed by atoms with E-state index in [4.69, 9.17) is 21.3 Å². The molecule has 0 radical (unpaired) electrons. The molecule has 4 aromatic rings. The molecule has 0 aliphatic heterocycles.